The van der Waals surface area contributed by atoms with Gasteiger partial charge in [0.1, 0.15) is 6.61 Å². The minimum atomic E-state index is -5.14. The minimum Gasteiger partial charge on any atom is -0.427 e. The van der Waals surface area contributed by atoms with Crippen LogP contribution in [-0.4, -0.2) is 35.3 Å². The Bertz CT molecular complexity index is 143. The number of esters is 1. The van der Waals surface area contributed by atoms with Gasteiger partial charge in [0.2, 0.25) is 6.29 Å². The number of alkyl halides is 3. The maximum atomic E-state index is 11.3. The topological polar surface area (TPSA) is 66.8 Å². The van der Waals surface area contributed by atoms with E-state index in [1.165, 1.54) is 0 Å². The molecule has 0 heterocycles. The molecular formula is C4H5F3O4. The fraction of sp³-hybridized carbons (Fsp3) is 0.750. The van der Waals surface area contributed by atoms with Gasteiger partial charge < -0.3 is 14.9 Å². The molecule has 0 aromatic heterocycles. The van der Waals surface area contributed by atoms with Crippen LogP contribution < -0.4 is 0 Å². The molecule has 0 aliphatic carbocycles. The molecule has 0 aliphatic rings. The second-order valence-corrected chi connectivity index (χ2v) is 1.54. The molecule has 0 aromatic rings. The van der Waals surface area contributed by atoms with Crippen LogP contribution in [0.5, 0.6) is 0 Å². The molecule has 0 bridgehead atoms. The van der Waals surface area contributed by atoms with Crippen molar-refractivity contribution in [1.82, 2.24) is 0 Å². The first-order chi connectivity index (χ1) is 4.88. The van der Waals surface area contributed by atoms with Crippen molar-refractivity contribution in [1.29, 1.82) is 0 Å². The summed E-state index contributed by atoms with van der Waals surface area (Å²) in [5, 5.41) is 16.2. The Labute approximate surface area is 59.2 Å². The summed E-state index contributed by atoms with van der Waals surface area (Å²) in [5.41, 5.74) is 0. The largest absolute Gasteiger partial charge is 0.491 e. The van der Waals surface area contributed by atoms with E-state index >= 15 is 0 Å². The molecule has 0 rings (SSSR count). The van der Waals surface area contributed by atoms with Gasteiger partial charge in [0.25, 0.3) is 0 Å². The van der Waals surface area contributed by atoms with Crippen LogP contribution in [-0.2, 0) is 9.53 Å². The lowest BCUT2D eigenvalue weighted by Crippen LogP contribution is -2.31. The van der Waals surface area contributed by atoms with Crippen LogP contribution in [0.1, 0.15) is 0 Å². The van der Waals surface area contributed by atoms with Gasteiger partial charge in [-0.3, -0.25) is 0 Å². The summed E-state index contributed by atoms with van der Waals surface area (Å²) in [4.78, 5) is 9.82. The smallest absolute Gasteiger partial charge is 0.427 e. The monoisotopic (exact) mass is 174 g/mol. The Balaban J connectivity index is 3.88. The summed E-state index contributed by atoms with van der Waals surface area (Å²) in [6.07, 6.45) is -7.26. The molecule has 1 atom stereocenters. The van der Waals surface area contributed by atoms with Crippen molar-refractivity contribution >= 4 is 5.97 Å². The number of hydrogen-bond donors (Lipinski definition) is 2. The maximum absolute atomic E-state index is 11.3. The Hall–Kier alpha value is -0.820. The van der Waals surface area contributed by atoms with Gasteiger partial charge in [0, 0.05) is 0 Å². The first-order valence-electron chi connectivity index (χ1n) is 2.44. The highest BCUT2D eigenvalue weighted by Crippen LogP contribution is 2.16. The molecule has 0 saturated carbocycles. The molecular weight excluding hydrogens is 169 g/mol. The number of halogens is 3. The lowest BCUT2D eigenvalue weighted by Gasteiger charge is -2.10. The summed E-state index contributed by atoms with van der Waals surface area (Å²) in [6.45, 7) is -1.07. The predicted octanol–water partition coefficient (Wildman–Crippen LogP) is -0.597. The molecule has 0 spiro atoms. The highest BCUT2D eigenvalue weighted by molar-refractivity contribution is 5.75. The zero-order chi connectivity index (χ0) is 9.07. The number of aliphatic hydroxyl groups is 2. The van der Waals surface area contributed by atoms with Crippen LogP contribution in [0.25, 0.3) is 0 Å². The maximum Gasteiger partial charge on any atom is 0.491 e. The highest BCUT2D eigenvalue weighted by atomic mass is 19.4. The van der Waals surface area contributed by atoms with Gasteiger partial charge in [0.15, 0.2) is 0 Å². The van der Waals surface area contributed by atoms with Crippen molar-refractivity contribution in [3.05, 3.63) is 0 Å². The molecule has 0 aromatic carbocycles. The second-order valence-electron chi connectivity index (χ2n) is 1.54. The van der Waals surface area contributed by atoms with Crippen molar-refractivity contribution < 1.29 is 32.9 Å². The van der Waals surface area contributed by atoms with Crippen LogP contribution in [0, 0.1) is 0 Å². The molecule has 0 amide bonds. The van der Waals surface area contributed by atoms with Crippen molar-refractivity contribution in [2.75, 3.05) is 6.61 Å². The van der Waals surface area contributed by atoms with Crippen molar-refractivity contribution in [3.8, 4) is 0 Å². The molecule has 0 radical (unpaired) electrons. The number of rotatable bonds is 2. The Kier molecular flexibility index (Phi) is 3.27. The van der Waals surface area contributed by atoms with Gasteiger partial charge in [-0.05, 0) is 0 Å². The van der Waals surface area contributed by atoms with E-state index in [1.54, 1.807) is 0 Å². The molecule has 0 fully saturated rings. The molecule has 1 unspecified atom stereocenters. The average Bonchev–Trinajstić information content (AvgIpc) is 1.85. The summed E-state index contributed by atoms with van der Waals surface area (Å²) in [7, 11) is 0. The van der Waals surface area contributed by atoms with E-state index in [-0.39, 0.29) is 0 Å². The highest BCUT2D eigenvalue weighted by Gasteiger charge is 2.42. The van der Waals surface area contributed by atoms with Gasteiger partial charge >= 0.3 is 12.1 Å². The van der Waals surface area contributed by atoms with Gasteiger partial charge in [-0.25, -0.2) is 4.79 Å². The number of carbonyl (C=O) groups excluding carboxylic acids is 1. The lowest BCUT2D eigenvalue weighted by atomic mass is 10.6. The van der Waals surface area contributed by atoms with Gasteiger partial charge in [-0.1, -0.05) is 0 Å². The first kappa shape index (κ1) is 10.2. The van der Waals surface area contributed by atoms with Crippen molar-refractivity contribution in [2.45, 2.75) is 12.5 Å². The van der Waals surface area contributed by atoms with E-state index in [0.717, 1.165) is 0 Å². The molecule has 0 aliphatic heterocycles. The molecule has 0 saturated heterocycles. The third-order valence-electron chi connectivity index (χ3n) is 0.631. The summed E-state index contributed by atoms with van der Waals surface area (Å²) >= 11 is 0. The SMILES string of the molecule is O=C(OC(O)CO)C(F)(F)F. The quantitative estimate of drug-likeness (QED) is 0.433. The zero-order valence-electron chi connectivity index (χ0n) is 5.13. The van der Waals surface area contributed by atoms with Crippen LogP contribution in [0.15, 0.2) is 0 Å². The summed E-state index contributed by atoms with van der Waals surface area (Å²) in [6, 6.07) is 0. The fourth-order valence-corrected chi connectivity index (χ4v) is 0.228. The average molecular weight is 174 g/mol. The minimum absolute atomic E-state index is 1.07. The predicted molar refractivity (Wildman–Crippen MR) is 25.2 cm³/mol. The number of ether oxygens (including phenoxy) is 1. The van der Waals surface area contributed by atoms with E-state index in [4.69, 9.17) is 10.2 Å². The number of hydrogen-bond acceptors (Lipinski definition) is 4. The fourth-order valence-electron chi connectivity index (χ4n) is 0.228. The zero-order valence-corrected chi connectivity index (χ0v) is 5.13. The molecule has 2 N–H and O–H groups in total. The third kappa shape index (κ3) is 3.79. The van der Waals surface area contributed by atoms with E-state index in [9.17, 15) is 18.0 Å². The van der Waals surface area contributed by atoms with Gasteiger partial charge in [-0.15, -0.1) is 0 Å². The molecule has 66 valence electrons. The lowest BCUT2D eigenvalue weighted by molar-refractivity contribution is -0.222. The van der Waals surface area contributed by atoms with E-state index in [1.807, 2.05) is 0 Å². The number of carbonyl (C=O) groups is 1. The van der Waals surface area contributed by atoms with Crippen LogP contribution >= 0.6 is 0 Å². The normalized spacial score (nSPS) is 14.3. The van der Waals surface area contributed by atoms with Gasteiger partial charge in [0.05, 0.1) is 0 Å². The van der Waals surface area contributed by atoms with Crippen LogP contribution in [0.2, 0.25) is 0 Å². The second kappa shape index (κ2) is 3.54. The van der Waals surface area contributed by atoms with Crippen LogP contribution in [0.4, 0.5) is 13.2 Å². The Morgan fingerprint density at radius 1 is 1.55 bits per heavy atom. The van der Waals surface area contributed by atoms with Crippen molar-refractivity contribution in [3.63, 3.8) is 0 Å². The van der Waals surface area contributed by atoms with E-state index in [0.29, 0.717) is 0 Å². The first-order valence-corrected chi connectivity index (χ1v) is 2.44. The third-order valence-corrected chi connectivity index (χ3v) is 0.631. The molecule has 7 heteroatoms. The standard InChI is InChI=1S/C4H5F3O4/c5-4(6,7)3(10)11-2(9)1-8/h2,8-9H,1H2. The molecule has 4 nitrogen and oxygen atoms in total. The van der Waals surface area contributed by atoms with E-state index in [2.05, 4.69) is 4.74 Å². The summed E-state index contributed by atoms with van der Waals surface area (Å²) in [5.74, 6) is -2.53. The van der Waals surface area contributed by atoms with Gasteiger partial charge in [-0.2, -0.15) is 13.2 Å². The molecule has 11 heavy (non-hydrogen) atoms. The Morgan fingerprint density at radius 3 is 2.27 bits per heavy atom. The van der Waals surface area contributed by atoms with E-state index < -0.39 is 25.0 Å². The summed E-state index contributed by atoms with van der Waals surface area (Å²) < 4.78 is 37.1. The van der Waals surface area contributed by atoms with Crippen molar-refractivity contribution in [2.24, 2.45) is 0 Å². The van der Waals surface area contributed by atoms with Crippen LogP contribution in [0.3, 0.4) is 0 Å². The Morgan fingerprint density at radius 2 is 2.00 bits per heavy atom. The number of aliphatic hydroxyl groups excluding tert-OH is 2.